The van der Waals surface area contributed by atoms with Crippen LogP contribution >= 0.6 is 11.3 Å². The number of hydrogen-bond donors (Lipinski definition) is 5. The van der Waals surface area contributed by atoms with Gasteiger partial charge in [0.15, 0.2) is 17.5 Å². The summed E-state index contributed by atoms with van der Waals surface area (Å²) in [4.78, 5) is 19.8. The SMILES string of the molecule is Cc1cc(C(=O)NN=C(N)N)oc1-c1csc(N=C(N)N)n1. The van der Waals surface area contributed by atoms with E-state index in [1.165, 1.54) is 11.3 Å². The van der Waals surface area contributed by atoms with Crippen molar-refractivity contribution in [1.29, 1.82) is 0 Å². The molecule has 9 N–H and O–H groups in total. The van der Waals surface area contributed by atoms with Gasteiger partial charge < -0.3 is 27.4 Å². The number of aliphatic imine (C=N–C) groups is 1. The molecule has 0 aromatic carbocycles. The Bertz CT molecular complexity index is 752. The van der Waals surface area contributed by atoms with Crippen LogP contribution in [0, 0.1) is 6.92 Å². The standard InChI is InChI=1S/C11H14N8O2S/c1-4-2-6(8(20)18-19-10(14)15)21-7(4)5-3-22-11(16-5)17-9(12)13/h2-3H,1H3,(H,18,20)(H4,14,15,19)(H4,12,13,16,17). The lowest BCUT2D eigenvalue weighted by atomic mass is 10.2. The summed E-state index contributed by atoms with van der Waals surface area (Å²) in [6, 6.07) is 1.55. The molecule has 11 heteroatoms. The van der Waals surface area contributed by atoms with Crippen LogP contribution in [0.1, 0.15) is 16.1 Å². The number of aromatic nitrogens is 1. The van der Waals surface area contributed by atoms with E-state index < -0.39 is 5.91 Å². The molecular formula is C11H14N8O2S. The highest BCUT2D eigenvalue weighted by Gasteiger charge is 2.17. The second-order valence-corrected chi connectivity index (χ2v) is 4.99. The van der Waals surface area contributed by atoms with Gasteiger partial charge in [0.2, 0.25) is 11.1 Å². The molecule has 2 aromatic heterocycles. The van der Waals surface area contributed by atoms with E-state index >= 15 is 0 Å². The normalized spacial score (nSPS) is 10.0. The van der Waals surface area contributed by atoms with Crippen molar-refractivity contribution < 1.29 is 9.21 Å². The average molecular weight is 322 g/mol. The van der Waals surface area contributed by atoms with Crippen molar-refractivity contribution in [3.63, 3.8) is 0 Å². The van der Waals surface area contributed by atoms with Crippen LogP contribution in [-0.4, -0.2) is 22.8 Å². The summed E-state index contributed by atoms with van der Waals surface area (Å²) in [6.45, 7) is 1.77. The number of hydrazone groups is 1. The number of hydrogen-bond acceptors (Lipinski definition) is 6. The van der Waals surface area contributed by atoms with Gasteiger partial charge in [-0.05, 0) is 18.6 Å². The fraction of sp³-hybridized carbons (Fsp3) is 0.0909. The van der Waals surface area contributed by atoms with Crippen LogP contribution in [0.15, 0.2) is 26.0 Å². The summed E-state index contributed by atoms with van der Waals surface area (Å²) >= 11 is 1.24. The highest BCUT2D eigenvalue weighted by atomic mass is 32.1. The van der Waals surface area contributed by atoms with Gasteiger partial charge >= 0.3 is 5.91 Å². The minimum atomic E-state index is -0.581. The predicted molar refractivity (Wildman–Crippen MR) is 83.3 cm³/mol. The highest BCUT2D eigenvalue weighted by molar-refractivity contribution is 7.13. The molecule has 0 saturated carbocycles. The first-order valence-electron chi connectivity index (χ1n) is 5.91. The fourth-order valence-corrected chi connectivity index (χ4v) is 2.24. The van der Waals surface area contributed by atoms with Gasteiger partial charge in [0, 0.05) is 5.38 Å². The van der Waals surface area contributed by atoms with Crippen molar-refractivity contribution in [2.45, 2.75) is 6.92 Å². The Balaban J connectivity index is 2.26. The maximum Gasteiger partial charge on any atom is 0.307 e. The summed E-state index contributed by atoms with van der Waals surface area (Å²) in [5.74, 6) is -0.452. The maximum absolute atomic E-state index is 11.8. The molecule has 0 saturated heterocycles. The summed E-state index contributed by atoms with van der Waals surface area (Å²) in [5.41, 5.74) is 24.2. The monoisotopic (exact) mass is 322 g/mol. The molecule has 2 rings (SSSR count). The maximum atomic E-state index is 11.8. The number of rotatable bonds is 4. The minimum absolute atomic E-state index is 0.0499. The Morgan fingerprint density at radius 1 is 1.32 bits per heavy atom. The van der Waals surface area contributed by atoms with Crippen molar-refractivity contribution in [3.8, 4) is 11.5 Å². The van der Waals surface area contributed by atoms with Crippen molar-refractivity contribution in [2.75, 3.05) is 0 Å². The Labute approximate surface area is 128 Å². The van der Waals surface area contributed by atoms with Crippen molar-refractivity contribution >= 4 is 34.3 Å². The van der Waals surface area contributed by atoms with Gasteiger partial charge in [0.25, 0.3) is 0 Å². The van der Waals surface area contributed by atoms with E-state index in [2.05, 4.69) is 20.5 Å². The second kappa shape index (κ2) is 6.13. The zero-order chi connectivity index (χ0) is 16.3. The summed E-state index contributed by atoms with van der Waals surface area (Å²) < 4.78 is 5.48. The van der Waals surface area contributed by atoms with Crippen molar-refractivity contribution in [3.05, 3.63) is 22.8 Å². The summed E-state index contributed by atoms with van der Waals surface area (Å²) in [5, 5.41) is 5.50. The first-order chi connectivity index (χ1) is 10.4. The quantitative estimate of drug-likeness (QED) is 0.286. The number of nitrogens with one attached hydrogen (secondary N) is 1. The number of amides is 1. The van der Waals surface area contributed by atoms with Gasteiger partial charge in [-0.1, -0.05) is 0 Å². The Hall–Kier alpha value is -3.08. The molecule has 0 aliphatic rings. The van der Waals surface area contributed by atoms with Crippen LogP contribution < -0.4 is 28.4 Å². The molecule has 2 heterocycles. The number of guanidine groups is 2. The van der Waals surface area contributed by atoms with Gasteiger partial charge in [-0.25, -0.2) is 10.4 Å². The molecule has 1 amide bonds. The zero-order valence-electron chi connectivity index (χ0n) is 11.5. The number of furan rings is 1. The van der Waals surface area contributed by atoms with Crippen LogP contribution in [0.3, 0.4) is 0 Å². The van der Waals surface area contributed by atoms with Crippen molar-refractivity contribution in [2.24, 2.45) is 33.0 Å². The third-order valence-corrected chi connectivity index (χ3v) is 3.11. The van der Waals surface area contributed by atoms with E-state index in [0.717, 1.165) is 5.56 Å². The van der Waals surface area contributed by atoms with E-state index in [1.807, 2.05) is 0 Å². The van der Waals surface area contributed by atoms with Crippen molar-refractivity contribution in [1.82, 2.24) is 10.4 Å². The van der Waals surface area contributed by atoms with Gasteiger partial charge in [-0.2, -0.15) is 4.99 Å². The van der Waals surface area contributed by atoms with E-state index in [-0.39, 0.29) is 17.7 Å². The van der Waals surface area contributed by atoms with E-state index in [0.29, 0.717) is 16.6 Å². The molecule has 116 valence electrons. The smallest absolute Gasteiger partial charge is 0.307 e. The molecule has 0 unspecified atom stereocenters. The van der Waals surface area contributed by atoms with E-state index in [1.54, 1.807) is 18.4 Å². The van der Waals surface area contributed by atoms with E-state index in [9.17, 15) is 4.79 Å². The molecule has 0 radical (unpaired) electrons. The highest BCUT2D eigenvalue weighted by Crippen LogP contribution is 2.30. The zero-order valence-corrected chi connectivity index (χ0v) is 12.3. The summed E-state index contributed by atoms with van der Waals surface area (Å²) in [6.07, 6.45) is 0. The number of aryl methyl sites for hydroxylation is 1. The van der Waals surface area contributed by atoms with Crippen LogP contribution in [-0.2, 0) is 0 Å². The molecule has 0 atom stereocenters. The number of thiazole rings is 1. The number of carbonyl (C=O) groups is 1. The molecule has 0 fully saturated rings. The molecule has 0 aliphatic carbocycles. The molecule has 22 heavy (non-hydrogen) atoms. The third-order valence-electron chi connectivity index (χ3n) is 2.38. The van der Waals surface area contributed by atoms with E-state index in [4.69, 9.17) is 27.4 Å². The third kappa shape index (κ3) is 3.52. The Morgan fingerprint density at radius 2 is 2.05 bits per heavy atom. The molecule has 0 bridgehead atoms. The number of nitrogens with two attached hydrogens (primary N) is 4. The fourth-order valence-electron chi connectivity index (χ4n) is 1.55. The largest absolute Gasteiger partial charge is 0.449 e. The lowest BCUT2D eigenvalue weighted by Gasteiger charge is -1.96. The van der Waals surface area contributed by atoms with Gasteiger partial charge in [0.05, 0.1) is 0 Å². The van der Waals surface area contributed by atoms with Crippen LogP contribution in [0.2, 0.25) is 0 Å². The second-order valence-electron chi connectivity index (χ2n) is 4.15. The first kappa shape index (κ1) is 15.3. The molecule has 0 aliphatic heterocycles. The van der Waals surface area contributed by atoms with Gasteiger partial charge in [-0.3, -0.25) is 4.79 Å². The first-order valence-corrected chi connectivity index (χ1v) is 6.79. The van der Waals surface area contributed by atoms with Crippen LogP contribution in [0.4, 0.5) is 5.13 Å². The molecule has 2 aromatic rings. The topological polar surface area (TPSA) is 184 Å². The number of carbonyl (C=O) groups excluding carboxylic acids is 1. The predicted octanol–water partition coefficient (Wildman–Crippen LogP) is -0.465. The molecule has 0 spiro atoms. The van der Waals surface area contributed by atoms with Gasteiger partial charge in [0.1, 0.15) is 5.69 Å². The van der Waals surface area contributed by atoms with Gasteiger partial charge in [-0.15, -0.1) is 16.4 Å². The van der Waals surface area contributed by atoms with Crippen LogP contribution in [0.25, 0.3) is 11.5 Å². The molecular weight excluding hydrogens is 308 g/mol. The lowest BCUT2D eigenvalue weighted by molar-refractivity contribution is 0.0928. The van der Waals surface area contributed by atoms with Crippen LogP contribution in [0.5, 0.6) is 0 Å². The molecule has 10 nitrogen and oxygen atoms in total. The Kier molecular flexibility index (Phi) is 4.27. The average Bonchev–Trinajstić information content (AvgIpc) is 3.01. The Morgan fingerprint density at radius 3 is 2.68 bits per heavy atom. The number of nitrogens with zero attached hydrogens (tertiary/aromatic N) is 3. The summed E-state index contributed by atoms with van der Waals surface area (Å²) in [7, 11) is 0. The lowest BCUT2D eigenvalue weighted by Crippen LogP contribution is -2.28. The minimum Gasteiger partial charge on any atom is -0.449 e.